The first-order chi connectivity index (χ1) is 10.4. The number of carbonyl (C=O) groups excluding carboxylic acids is 1. The maximum Gasteiger partial charge on any atom is 0.407 e. The summed E-state index contributed by atoms with van der Waals surface area (Å²) in [5.41, 5.74) is -0.748. The Morgan fingerprint density at radius 3 is 2.39 bits per heavy atom. The Bertz CT molecular complexity index is 653. The maximum atomic E-state index is 11.5. The van der Waals surface area contributed by atoms with E-state index in [0.717, 1.165) is 0 Å². The first-order valence-corrected chi connectivity index (χ1v) is 8.41. The van der Waals surface area contributed by atoms with Crippen molar-refractivity contribution in [3.63, 3.8) is 0 Å². The Labute approximate surface area is 135 Å². The number of ether oxygens (including phenoxy) is 1. The third-order valence-corrected chi connectivity index (χ3v) is 3.75. The van der Waals surface area contributed by atoms with E-state index in [4.69, 9.17) is 9.88 Å². The number of sulfonamides is 1. The molecule has 2 unspecified atom stereocenters. The van der Waals surface area contributed by atoms with Crippen LogP contribution < -0.4 is 10.5 Å². The Hall–Kier alpha value is -1.68. The van der Waals surface area contributed by atoms with E-state index in [1.807, 2.05) is 0 Å². The van der Waals surface area contributed by atoms with Crippen molar-refractivity contribution < 1.29 is 28.2 Å². The summed E-state index contributed by atoms with van der Waals surface area (Å²) in [5, 5.41) is 27.4. The molecule has 1 amide bonds. The Morgan fingerprint density at radius 1 is 1.30 bits per heavy atom. The second-order valence-corrected chi connectivity index (χ2v) is 7.51. The van der Waals surface area contributed by atoms with Gasteiger partial charge in [0.2, 0.25) is 10.0 Å². The van der Waals surface area contributed by atoms with Crippen molar-refractivity contribution in [3.05, 3.63) is 29.8 Å². The molecule has 8 nitrogen and oxygen atoms in total. The molecule has 0 saturated carbocycles. The first kappa shape index (κ1) is 19.4. The fourth-order valence-corrected chi connectivity index (χ4v) is 2.59. The fourth-order valence-electron chi connectivity index (χ4n) is 1.80. The van der Waals surface area contributed by atoms with Crippen LogP contribution in [0, 0.1) is 0 Å². The van der Waals surface area contributed by atoms with Crippen LogP contribution in [0.5, 0.6) is 0 Å². The zero-order valence-corrected chi connectivity index (χ0v) is 14.0. The van der Waals surface area contributed by atoms with Crippen LogP contribution in [-0.4, -0.2) is 43.0 Å². The van der Waals surface area contributed by atoms with Crippen LogP contribution >= 0.6 is 0 Å². The number of hydrogen-bond acceptors (Lipinski definition) is 6. The zero-order chi connectivity index (χ0) is 17.8. The number of aliphatic hydroxyl groups excluding tert-OH is 2. The molecular weight excluding hydrogens is 324 g/mol. The number of nitrogens with two attached hydrogens (primary N) is 1. The fraction of sp³-hybridized carbons (Fsp3) is 0.500. The molecule has 130 valence electrons. The Balaban J connectivity index is 2.79. The predicted molar refractivity (Wildman–Crippen MR) is 83.0 cm³/mol. The number of primary sulfonamides is 1. The summed E-state index contributed by atoms with van der Waals surface area (Å²) < 4.78 is 28.0. The van der Waals surface area contributed by atoms with E-state index in [1.165, 1.54) is 24.3 Å². The second kappa shape index (κ2) is 7.26. The van der Waals surface area contributed by atoms with E-state index in [0.29, 0.717) is 0 Å². The van der Waals surface area contributed by atoms with Gasteiger partial charge in [-0.25, -0.2) is 18.4 Å². The Kier molecular flexibility index (Phi) is 6.11. The van der Waals surface area contributed by atoms with Gasteiger partial charge >= 0.3 is 6.09 Å². The van der Waals surface area contributed by atoms with Crippen molar-refractivity contribution >= 4 is 16.1 Å². The van der Waals surface area contributed by atoms with E-state index in [-0.39, 0.29) is 17.0 Å². The van der Waals surface area contributed by atoms with Crippen LogP contribution in [0.3, 0.4) is 0 Å². The van der Waals surface area contributed by atoms with Crippen LogP contribution in [0.15, 0.2) is 29.2 Å². The molecule has 1 rings (SSSR count). The smallest absolute Gasteiger partial charge is 0.407 e. The van der Waals surface area contributed by atoms with Gasteiger partial charge < -0.3 is 20.3 Å². The second-order valence-electron chi connectivity index (χ2n) is 5.98. The summed E-state index contributed by atoms with van der Waals surface area (Å²) in [6.45, 7) is 4.72. The maximum absolute atomic E-state index is 11.5. The molecule has 23 heavy (non-hydrogen) atoms. The molecule has 0 aromatic heterocycles. The summed E-state index contributed by atoms with van der Waals surface area (Å²) in [6, 6.07) is 5.51. The van der Waals surface area contributed by atoms with Crippen LogP contribution in [-0.2, 0) is 14.8 Å². The molecule has 0 aliphatic heterocycles. The SMILES string of the molecule is CC(C)(C)OC(=O)NCC(O)C(O)c1ccccc1S(N)(=O)=O. The number of aliphatic hydroxyl groups is 2. The summed E-state index contributed by atoms with van der Waals surface area (Å²) >= 11 is 0. The number of amides is 1. The molecule has 0 fully saturated rings. The molecule has 9 heteroatoms. The standard InChI is InChI=1S/C14H22N2O6S/c1-14(2,3)22-13(19)16-8-10(17)12(18)9-6-4-5-7-11(9)23(15,20)21/h4-7,10,12,17-18H,8H2,1-3H3,(H,16,19)(H2,15,20,21). The lowest BCUT2D eigenvalue weighted by Crippen LogP contribution is -2.39. The average molecular weight is 346 g/mol. The third kappa shape index (κ3) is 6.14. The van der Waals surface area contributed by atoms with Crippen molar-refractivity contribution in [2.24, 2.45) is 5.14 Å². The number of rotatable bonds is 5. The van der Waals surface area contributed by atoms with E-state index >= 15 is 0 Å². The van der Waals surface area contributed by atoms with Crippen LogP contribution in [0.1, 0.15) is 32.4 Å². The average Bonchev–Trinajstić information content (AvgIpc) is 2.41. The molecule has 0 bridgehead atoms. The van der Waals surface area contributed by atoms with Gasteiger partial charge in [-0.1, -0.05) is 18.2 Å². The highest BCUT2D eigenvalue weighted by Crippen LogP contribution is 2.23. The summed E-state index contributed by atoms with van der Waals surface area (Å²) in [6.07, 6.45) is -3.74. The van der Waals surface area contributed by atoms with Crippen molar-refractivity contribution in [2.45, 2.75) is 43.5 Å². The summed E-state index contributed by atoms with van der Waals surface area (Å²) in [5.74, 6) is 0. The molecular formula is C14H22N2O6S. The van der Waals surface area contributed by atoms with Gasteiger partial charge in [-0.05, 0) is 26.8 Å². The number of nitrogens with one attached hydrogen (secondary N) is 1. The molecule has 1 aromatic carbocycles. The largest absolute Gasteiger partial charge is 0.444 e. The highest BCUT2D eigenvalue weighted by Gasteiger charge is 2.26. The quantitative estimate of drug-likeness (QED) is 0.603. The van der Waals surface area contributed by atoms with Gasteiger partial charge in [0.05, 0.1) is 4.90 Å². The topological polar surface area (TPSA) is 139 Å². The molecule has 5 N–H and O–H groups in total. The highest BCUT2D eigenvalue weighted by molar-refractivity contribution is 7.89. The first-order valence-electron chi connectivity index (χ1n) is 6.86. The number of carbonyl (C=O) groups is 1. The van der Waals surface area contributed by atoms with Crippen LogP contribution in [0.2, 0.25) is 0 Å². The van der Waals surface area contributed by atoms with E-state index in [9.17, 15) is 23.4 Å². The van der Waals surface area contributed by atoms with Gasteiger partial charge in [-0.3, -0.25) is 0 Å². The number of alkyl carbamates (subject to hydrolysis) is 1. The van der Waals surface area contributed by atoms with Gasteiger partial charge in [0, 0.05) is 12.1 Å². The molecule has 2 atom stereocenters. The monoisotopic (exact) mass is 346 g/mol. The molecule has 0 heterocycles. The van der Waals surface area contributed by atoms with Gasteiger partial charge in [-0.15, -0.1) is 0 Å². The van der Waals surface area contributed by atoms with Gasteiger partial charge in [0.15, 0.2) is 0 Å². The van der Waals surface area contributed by atoms with E-state index < -0.39 is 33.9 Å². The van der Waals surface area contributed by atoms with Gasteiger partial charge in [0.1, 0.15) is 17.8 Å². The van der Waals surface area contributed by atoms with Crippen molar-refractivity contribution in [2.75, 3.05) is 6.54 Å². The summed E-state index contributed by atoms with van der Waals surface area (Å²) in [4.78, 5) is 11.2. The normalized spacial score (nSPS) is 14.9. The van der Waals surface area contributed by atoms with Crippen LogP contribution in [0.25, 0.3) is 0 Å². The minimum Gasteiger partial charge on any atom is -0.444 e. The lowest BCUT2D eigenvalue weighted by molar-refractivity contribution is 0.0116. The zero-order valence-electron chi connectivity index (χ0n) is 13.2. The molecule has 0 aliphatic rings. The van der Waals surface area contributed by atoms with Crippen molar-refractivity contribution in [1.82, 2.24) is 5.32 Å². The number of benzene rings is 1. The van der Waals surface area contributed by atoms with E-state index in [1.54, 1.807) is 20.8 Å². The minimum atomic E-state index is -4.05. The minimum absolute atomic E-state index is 0.0477. The highest BCUT2D eigenvalue weighted by atomic mass is 32.2. The van der Waals surface area contributed by atoms with Crippen LogP contribution in [0.4, 0.5) is 4.79 Å². The van der Waals surface area contributed by atoms with Gasteiger partial charge in [-0.2, -0.15) is 0 Å². The molecule has 0 aliphatic carbocycles. The van der Waals surface area contributed by atoms with E-state index in [2.05, 4.69) is 5.32 Å². The van der Waals surface area contributed by atoms with Crippen molar-refractivity contribution in [3.8, 4) is 0 Å². The van der Waals surface area contributed by atoms with Gasteiger partial charge in [0.25, 0.3) is 0 Å². The lowest BCUT2D eigenvalue weighted by Gasteiger charge is -2.23. The van der Waals surface area contributed by atoms with Crippen molar-refractivity contribution in [1.29, 1.82) is 0 Å². The Morgan fingerprint density at radius 2 is 1.87 bits per heavy atom. The molecule has 0 radical (unpaired) electrons. The molecule has 0 spiro atoms. The summed E-state index contributed by atoms with van der Waals surface area (Å²) in [7, 11) is -4.05. The molecule has 1 aromatic rings. The predicted octanol–water partition coefficient (Wildman–Crippen LogP) is 0.253. The molecule has 0 saturated heterocycles. The third-order valence-electron chi connectivity index (χ3n) is 2.76. The lowest BCUT2D eigenvalue weighted by atomic mass is 10.0. The number of hydrogen-bond donors (Lipinski definition) is 4.